The van der Waals surface area contributed by atoms with Crippen molar-refractivity contribution in [2.45, 2.75) is 12.8 Å². The second-order valence-corrected chi connectivity index (χ2v) is 5.17. The molecule has 3 rings (SSSR count). The molecule has 1 amide bonds. The van der Waals surface area contributed by atoms with Gasteiger partial charge in [0.1, 0.15) is 0 Å². The number of aliphatic carboxylic acids is 1. The van der Waals surface area contributed by atoms with E-state index in [9.17, 15) is 14.7 Å². The number of fused-ring (bicyclic) bond motifs is 1. The second kappa shape index (κ2) is 5.00. The van der Waals surface area contributed by atoms with Crippen LogP contribution in [0.25, 0.3) is 10.9 Å². The Kier molecular flexibility index (Phi) is 3.18. The Hall–Kier alpha value is -2.30. The van der Waals surface area contributed by atoms with Crippen LogP contribution in [0.2, 0.25) is 0 Å². The van der Waals surface area contributed by atoms with Gasteiger partial charge in [0, 0.05) is 48.5 Å². The number of H-pyrrole nitrogens is 1. The maximum atomic E-state index is 11.7. The summed E-state index contributed by atoms with van der Waals surface area (Å²) < 4.78 is 0. The third kappa shape index (κ3) is 2.27. The van der Waals surface area contributed by atoms with Crippen molar-refractivity contribution in [1.29, 1.82) is 0 Å². The summed E-state index contributed by atoms with van der Waals surface area (Å²) in [5.74, 6) is -1.89. The molecule has 1 aliphatic rings. The van der Waals surface area contributed by atoms with Gasteiger partial charge in [0.15, 0.2) is 0 Å². The molecule has 1 aromatic carbocycles. The topological polar surface area (TPSA) is 76.2 Å². The summed E-state index contributed by atoms with van der Waals surface area (Å²) in [7, 11) is 0. The fraction of sp³-hybridized carbons (Fsp3) is 0.333. The average Bonchev–Trinajstić information content (AvgIpc) is 3.00. The number of aromatic amines is 1. The highest BCUT2D eigenvalue weighted by atomic mass is 16.4. The zero-order valence-electron chi connectivity index (χ0n) is 11.0. The van der Waals surface area contributed by atoms with Crippen LogP contribution >= 0.6 is 0 Å². The van der Waals surface area contributed by atoms with Gasteiger partial charge < -0.3 is 19.8 Å². The van der Waals surface area contributed by atoms with E-state index in [2.05, 4.69) is 4.98 Å². The first-order valence-corrected chi connectivity index (χ1v) is 6.69. The van der Waals surface area contributed by atoms with Crippen molar-refractivity contribution in [3.63, 3.8) is 0 Å². The number of benzene rings is 1. The van der Waals surface area contributed by atoms with Crippen LogP contribution in [0.3, 0.4) is 0 Å². The smallest absolute Gasteiger partial charge is 0.223 e. The first-order chi connectivity index (χ1) is 9.65. The van der Waals surface area contributed by atoms with E-state index in [1.165, 1.54) is 0 Å². The number of hydrogen-bond donors (Lipinski definition) is 1. The molecular formula is C15H15N2O3-. The summed E-state index contributed by atoms with van der Waals surface area (Å²) >= 11 is 0. The number of carboxylic acid groups (broad SMARTS) is 1. The van der Waals surface area contributed by atoms with E-state index in [1.54, 1.807) is 4.90 Å². The van der Waals surface area contributed by atoms with Gasteiger partial charge in [0.25, 0.3) is 0 Å². The lowest BCUT2D eigenvalue weighted by atomic mass is 10.1. The quantitative estimate of drug-likeness (QED) is 0.869. The summed E-state index contributed by atoms with van der Waals surface area (Å²) in [6.07, 6.45) is 2.73. The van der Waals surface area contributed by atoms with Crippen LogP contribution in [-0.2, 0) is 16.0 Å². The molecule has 0 bridgehead atoms. The van der Waals surface area contributed by atoms with E-state index in [0.29, 0.717) is 6.54 Å². The number of nitrogens with zero attached hydrogens (tertiary/aromatic N) is 1. The number of carboxylic acids is 1. The molecule has 20 heavy (non-hydrogen) atoms. The molecule has 0 saturated carbocycles. The molecule has 104 valence electrons. The maximum Gasteiger partial charge on any atom is 0.223 e. The number of likely N-dealkylation sites (tertiary alicyclic amines) is 1. The molecule has 2 heterocycles. The van der Waals surface area contributed by atoms with Crippen molar-refractivity contribution >= 4 is 22.8 Å². The van der Waals surface area contributed by atoms with Crippen LogP contribution in [0.4, 0.5) is 0 Å². The van der Waals surface area contributed by atoms with Crippen molar-refractivity contribution < 1.29 is 14.7 Å². The predicted octanol–water partition coefficient (Wildman–Crippen LogP) is 0.309. The summed E-state index contributed by atoms with van der Waals surface area (Å²) in [6, 6.07) is 7.99. The molecule has 5 nitrogen and oxygen atoms in total. The number of rotatable bonds is 4. The van der Waals surface area contributed by atoms with E-state index in [4.69, 9.17) is 0 Å². The molecular weight excluding hydrogens is 256 g/mol. The van der Waals surface area contributed by atoms with Crippen molar-refractivity contribution in [2.75, 3.05) is 13.1 Å². The molecule has 1 atom stereocenters. The molecule has 1 fully saturated rings. The molecule has 0 aliphatic carbocycles. The normalized spacial score (nSPS) is 18.9. The van der Waals surface area contributed by atoms with Gasteiger partial charge >= 0.3 is 0 Å². The van der Waals surface area contributed by atoms with Crippen LogP contribution in [0.1, 0.15) is 12.0 Å². The lowest BCUT2D eigenvalue weighted by Gasteiger charge is -2.16. The van der Waals surface area contributed by atoms with Gasteiger partial charge in [0.2, 0.25) is 5.91 Å². The minimum absolute atomic E-state index is 0.0657. The highest BCUT2D eigenvalue weighted by Crippen LogP contribution is 2.21. The maximum absolute atomic E-state index is 11.7. The largest absolute Gasteiger partial charge is 0.550 e. The molecule has 1 N–H and O–H groups in total. The summed E-state index contributed by atoms with van der Waals surface area (Å²) in [6.45, 7) is 0.813. The average molecular weight is 271 g/mol. The molecule has 1 aliphatic heterocycles. The second-order valence-electron chi connectivity index (χ2n) is 5.17. The number of nitrogens with one attached hydrogen (secondary N) is 1. The molecule has 1 saturated heterocycles. The van der Waals surface area contributed by atoms with Gasteiger partial charge in [-0.3, -0.25) is 4.79 Å². The Morgan fingerprint density at radius 3 is 2.95 bits per heavy atom. The number of carbonyl (C=O) groups excluding carboxylic acids is 2. The van der Waals surface area contributed by atoms with E-state index in [0.717, 1.165) is 22.9 Å². The van der Waals surface area contributed by atoms with Gasteiger partial charge in [-0.05, 0) is 18.1 Å². The van der Waals surface area contributed by atoms with Gasteiger partial charge in [-0.1, -0.05) is 18.2 Å². The number of aromatic nitrogens is 1. The SMILES string of the molecule is O=C([O-])[C@@H]1CC(=O)N(CCc2c[nH]c3ccccc23)C1. The third-order valence-corrected chi connectivity index (χ3v) is 3.87. The first-order valence-electron chi connectivity index (χ1n) is 6.69. The molecule has 2 aromatic rings. The van der Waals surface area contributed by atoms with E-state index in [-0.39, 0.29) is 18.9 Å². The van der Waals surface area contributed by atoms with E-state index < -0.39 is 11.9 Å². The fourth-order valence-electron chi connectivity index (χ4n) is 2.74. The molecule has 5 heteroatoms. The number of para-hydroxylation sites is 1. The predicted molar refractivity (Wildman–Crippen MR) is 71.7 cm³/mol. The lowest BCUT2D eigenvalue weighted by Crippen LogP contribution is -2.34. The molecule has 0 unspecified atom stereocenters. The van der Waals surface area contributed by atoms with Crippen LogP contribution in [0, 0.1) is 5.92 Å². The van der Waals surface area contributed by atoms with Crippen molar-refractivity contribution in [3.8, 4) is 0 Å². The number of hydrogen-bond acceptors (Lipinski definition) is 3. The summed E-state index contributed by atoms with van der Waals surface area (Å²) in [4.78, 5) is 27.4. The van der Waals surface area contributed by atoms with Crippen molar-refractivity contribution in [1.82, 2.24) is 9.88 Å². The minimum atomic E-state index is -1.13. The van der Waals surface area contributed by atoms with Crippen LogP contribution < -0.4 is 5.11 Å². The highest BCUT2D eigenvalue weighted by Gasteiger charge is 2.29. The van der Waals surface area contributed by atoms with E-state index >= 15 is 0 Å². The third-order valence-electron chi connectivity index (χ3n) is 3.87. The number of amides is 1. The van der Waals surface area contributed by atoms with E-state index in [1.807, 2.05) is 30.5 Å². The molecule has 0 radical (unpaired) electrons. The van der Waals surface area contributed by atoms with Crippen LogP contribution in [-0.4, -0.2) is 34.8 Å². The molecule has 0 spiro atoms. The minimum Gasteiger partial charge on any atom is -0.550 e. The zero-order chi connectivity index (χ0) is 14.1. The monoisotopic (exact) mass is 271 g/mol. The number of carbonyl (C=O) groups is 2. The van der Waals surface area contributed by atoms with Crippen molar-refractivity contribution in [3.05, 3.63) is 36.0 Å². The Morgan fingerprint density at radius 1 is 1.40 bits per heavy atom. The Bertz CT molecular complexity index is 662. The lowest BCUT2D eigenvalue weighted by molar-refractivity contribution is -0.311. The zero-order valence-corrected chi connectivity index (χ0v) is 11.0. The van der Waals surface area contributed by atoms with Crippen molar-refractivity contribution in [2.24, 2.45) is 5.92 Å². The Balaban J connectivity index is 1.68. The Morgan fingerprint density at radius 2 is 2.20 bits per heavy atom. The van der Waals surface area contributed by atoms with Crippen LogP contribution in [0.5, 0.6) is 0 Å². The first kappa shape index (κ1) is 12.7. The fourth-order valence-corrected chi connectivity index (χ4v) is 2.74. The standard InChI is InChI=1S/C15H16N2O3/c18-14-7-11(15(19)20)9-17(14)6-5-10-8-16-13-4-2-1-3-12(10)13/h1-4,8,11,16H,5-7,9H2,(H,19,20)/p-1/t11-/m1/s1. The Labute approximate surface area is 116 Å². The van der Waals surface area contributed by atoms with Gasteiger partial charge in [-0.2, -0.15) is 0 Å². The van der Waals surface area contributed by atoms with Gasteiger partial charge in [-0.15, -0.1) is 0 Å². The summed E-state index contributed by atoms with van der Waals surface area (Å²) in [5, 5.41) is 12.0. The van der Waals surface area contributed by atoms with Crippen LogP contribution in [0.15, 0.2) is 30.5 Å². The van der Waals surface area contributed by atoms with Gasteiger partial charge in [-0.25, -0.2) is 0 Å². The molecule has 1 aromatic heterocycles. The highest BCUT2D eigenvalue weighted by molar-refractivity contribution is 5.86. The van der Waals surface area contributed by atoms with Gasteiger partial charge in [0.05, 0.1) is 0 Å². The summed E-state index contributed by atoms with van der Waals surface area (Å²) in [5.41, 5.74) is 2.22.